The first kappa shape index (κ1) is 32.8. The van der Waals surface area contributed by atoms with E-state index in [2.05, 4.69) is 40.3 Å². The monoisotopic (exact) mass is 627 g/mol. The average molecular weight is 628 g/mol. The summed E-state index contributed by atoms with van der Waals surface area (Å²) in [5.74, 6) is 1.57. The number of aliphatic hydroxyl groups excluding tert-OH is 1. The van der Waals surface area contributed by atoms with Crippen LogP contribution in [0.5, 0.6) is 0 Å². The predicted molar refractivity (Wildman–Crippen MR) is 173 cm³/mol. The zero-order chi connectivity index (χ0) is 32.7. The predicted octanol–water partition coefficient (Wildman–Crippen LogP) is 5.60. The van der Waals surface area contributed by atoms with E-state index in [1.54, 1.807) is 12.1 Å². The Balaban J connectivity index is 1.42. The van der Waals surface area contributed by atoms with Crippen molar-refractivity contribution in [3.05, 3.63) is 101 Å². The fraction of sp³-hybridized carbons (Fsp3) is 0.361. The molecule has 0 spiro atoms. The third-order valence-corrected chi connectivity index (χ3v) is 8.18. The number of oxazole rings is 1. The van der Waals surface area contributed by atoms with Crippen LogP contribution in [0, 0.1) is 24.0 Å². The lowest BCUT2D eigenvalue weighted by Crippen LogP contribution is -2.50. The molecular formula is C36H39F2N5O3. The molecule has 2 aromatic heterocycles. The first-order valence-electron chi connectivity index (χ1n) is 15.7. The lowest BCUT2D eigenvalue weighted by atomic mass is 9.98. The maximum absolute atomic E-state index is 14.2. The maximum atomic E-state index is 14.2. The number of carbonyl (C=O) groups excluding carboxylic acids is 1. The number of aromatic nitrogens is 2. The van der Waals surface area contributed by atoms with Crippen LogP contribution in [0.2, 0.25) is 0 Å². The highest BCUT2D eigenvalue weighted by atomic mass is 19.1. The molecule has 8 nitrogen and oxygen atoms in total. The number of rotatable bonds is 15. The molecule has 1 fully saturated rings. The molecule has 0 saturated heterocycles. The number of anilines is 1. The zero-order valence-electron chi connectivity index (χ0n) is 26.1. The molecule has 1 amide bonds. The fourth-order valence-electron chi connectivity index (χ4n) is 5.71. The van der Waals surface area contributed by atoms with Crippen LogP contribution in [0.1, 0.15) is 66.6 Å². The van der Waals surface area contributed by atoms with Crippen LogP contribution < -0.4 is 15.5 Å². The van der Waals surface area contributed by atoms with Crippen LogP contribution in [-0.4, -0.2) is 52.8 Å². The largest absolute Gasteiger partial charge is 0.443 e. The highest BCUT2D eigenvalue weighted by Gasteiger charge is 2.44. The molecule has 2 heterocycles. The highest BCUT2D eigenvalue weighted by molar-refractivity contribution is 5.96. The Morgan fingerprint density at radius 1 is 1.11 bits per heavy atom. The van der Waals surface area contributed by atoms with E-state index in [1.165, 1.54) is 24.6 Å². The normalized spacial score (nSPS) is 14.7. The Hall–Kier alpha value is -4.59. The number of carbonyl (C=O) groups is 1. The molecular weight excluding hydrogens is 588 g/mol. The van der Waals surface area contributed by atoms with Gasteiger partial charge in [0.2, 0.25) is 5.89 Å². The number of nitrogens with zero attached hydrogens (tertiary/aromatic N) is 3. The molecule has 3 N–H and O–H groups in total. The van der Waals surface area contributed by atoms with Gasteiger partial charge in [-0.05, 0) is 79.6 Å². The van der Waals surface area contributed by atoms with Crippen molar-refractivity contribution >= 4 is 11.7 Å². The Bertz CT molecular complexity index is 1660. The lowest BCUT2D eigenvalue weighted by Gasteiger charge is -2.28. The maximum Gasteiger partial charge on any atom is 0.251 e. The molecule has 4 aromatic rings. The Kier molecular flexibility index (Phi) is 10.5. The van der Waals surface area contributed by atoms with Crippen LogP contribution in [0.25, 0.3) is 11.6 Å². The van der Waals surface area contributed by atoms with Crippen molar-refractivity contribution in [3.63, 3.8) is 0 Å². The first-order chi connectivity index (χ1) is 22.2. The van der Waals surface area contributed by atoms with Gasteiger partial charge in [-0.2, -0.15) is 0 Å². The summed E-state index contributed by atoms with van der Waals surface area (Å²) < 4.78 is 33.8. The van der Waals surface area contributed by atoms with Crippen LogP contribution in [0.3, 0.4) is 0 Å². The summed E-state index contributed by atoms with van der Waals surface area (Å²) in [5, 5.41) is 17.9. The average Bonchev–Trinajstić information content (AvgIpc) is 3.64. The molecule has 46 heavy (non-hydrogen) atoms. The van der Waals surface area contributed by atoms with Crippen molar-refractivity contribution in [2.45, 2.75) is 63.6 Å². The summed E-state index contributed by atoms with van der Waals surface area (Å²) >= 11 is 0. The van der Waals surface area contributed by atoms with Gasteiger partial charge in [-0.3, -0.25) is 4.79 Å². The van der Waals surface area contributed by atoms with Crippen LogP contribution in [0.15, 0.2) is 71.5 Å². The molecule has 1 aliphatic carbocycles. The molecule has 2 aromatic carbocycles. The Morgan fingerprint density at radius 2 is 1.85 bits per heavy atom. The number of amides is 1. The number of aliphatic hydroxyl groups is 1. The molecule has 1 aliphatic rings. The first-order valence-corrected chi connectivity index (χ1v) is 15.7. The molecule has 5 rings (SSSR count). The van der Waals surface area contributed by atoms with Gasteiger partial charge in [-0.15, -0.1) is 6.42 Å². The van der Waals surface area contributed by atoms with Crippen molar-refractivity contribution in [3.8, 4) is 23.9 Å². The molecule has 0 unspecified atom stereocenters. The smallest absolute Gasteiger partial charge is 0.251 e. The Morgan fingerprint density at radius 3 is 2.48 bits per heavy atom. The number of terminal acetylenes is 1. The topological polar surface area (TPSA) is 104 Å². The third kappa shape index (κ3) is 7.97. The van der Waals surface area contributed by atoms with Crippen molar-refractivity contribution in [2.24, 2.45) is 0 Å². The number of pyridine rings is 1. The van der Waals surface area contributed by atoms with E-state index in [-0.39, 0.29) is 30.0 Å². The Labute approximate surface area is 268 Å². The van der Waals surface area contributed by atoms with Gasteiger partial charge in [0.1, 0.15) is 29.4 Å². The standard InChI is InChI=1S/C36H39F2N5O3/c1-4-13-43(14-5-2)33-21-26(20-31(41-33)35-39-12-15-46-35)34(45)42-30(19-25-17-28(37)22-29(38)18-25)32(44)23-40-36(10-11-36)27-9-7-8-24(6-3)16-27/h3,7-9,12,15-18,20-22,30,32,40,44H,4-5,10-11,13-14,19,23H2,1-2H3,(H,42,45)/t30-,32-/m0/s1. The molecule has 0 bridgehead atoms. The van der Waals surface area contributed by atoms with E-state index in [9.17, 15) is 18.7 Å². The number of nitrogens with one attached hydrogen (secondary N) is 2. The van der Waals surface area contributed by atoms with Crippen molar-refractivity contribution in [2.75, 3.05) is 24.5 Å². The third-order valence-electron chi connectivity index (χ3n) is 8.18. The molecule has 0 radical (unpaired) electrons. The summed E-state index contributed by atoms with van der Waals surface area (Å²) in [7, 11) is 0. The molecule has 0 aliphatic heterocycles. The summed E-state index contributed by atoms with van der Waals surface area (Å²) in [4.78, 5) is 24.9. The summed E-state index contributed by atoms with van der Waals surface area (Å²) in [6.07, 6.45) is 10.9. The van der Waals surface area contributed by atoms with Crippen molar-refractivity contribution < 1.29 is 23.1 Å². The van der Waals surface area contributed by atoms with E-state index in [0.717, 1.165) is 56.0 Å². The van der Waals surface area contributed by atoms with E-state index in [4.69, 9.17) is 15.8 Å². The van der Waals surface area contributed by atoms with Crippen molar-refractivity contribution in [1.29, 1.82) is 0 Å². The molecule has 2 atom stereocenters. The molecule has 10 heteroatoms. The van der Waals surface area contributed by atoms with Gasteiger partial charge in [-0.1, -0.05) is 31.9 Å². The van der Waals surface area contributed by atoms with Gasteiger partial charge in [0.15, 0.2) is 0 Å². The summed E-state index contributed by atoms with van der Waals surface area (Å²) in [6.45, 7) is 5.73. The number of hydrogen-bond acceptors (Lipinski definition) is 7. The minimum Gasteiger partial charge on any atom is -0.443 e. The number of halogens is 2. The second-order valence-corrected chi connectivity index (χ2v) is 11.7. The quantitative estimate of drug-likeness (QED) is 0.147. The minimum atomic E-state index is -1.10. The van der Waals surface area contributed by atoms with Gasteiger partial charge in [-0.25, -0.2) is 18.7 Å². The number of benzene rings is 2. The molecule has 1 saturated carbocycles. The van der Waals surface area contributed by atoms with Crippen molar-refractivity contribution in [1.82, 2.24) is 20.6 Å². The van der Waals surface area contributed by atoms with E-state index in [1.807, 2.05) is 24.3 Å². The fourth-order valence-corrected chi connectivity index (χ4v) is 5.71. The van der Waals surface area contributed by atoms with Crippen LogP contribution >= 0.6 is 0 Å². The van der Waals surface area contributed by atoms with Crippen LogP contribution in [-0.2, 0) is 12.0 Å². The second-order valence-electron chi connectivity index (χ2n) is 11.7. The zero-order valence-corrected chi connectivity index (χ0v) is 26.1. The lowest BCUT2D eigenvalue weighted by molar-refractivity contribution is 0.0822. The van der Waals surface area contributed by atoms with Crippen LogP contribution in [0.4, 0.5) is 14.6 Å². The SMILES string of the molecule is C#Cc1cccc(C2(NC[C@H](O)[C@H](Cc3cc(F)cc(F)c3)NC(=O)c3cc(-c4ncco4)nc(N(CCC)CCC)c3)CC2)c1. The molecule has 240 valence electrons. The van der Waals surface area contributed by atoms with E-state index in [0.29, 0.717) is 17.1 Å². The van der Waals surface area contributed by atoms with Gasteiger partial charge in [0, 0.05) is 42.4 Å². The second kappa shape index (κ2) is 14.7. The van der Waals surface area contributed by atoms with E-state index >= 15 is 0 Å². The summed E-state index contributed by atoms with van der Waals surface area (Å²) in [5.41, 5.74) is 2.42. The van der Waals surface area contributed by atoms with Gasteiger partial charge in [0.25, 0.3) is 5.91 Å². The minimum absolute atomic E-state index is 0.00875. The number of hydrogen-bond donors (Lipinski definition) is 3. The van der Waals surface area contributed by atoms with E-state index < -0.39 is 29.7 Å². The summed E-state index contributed by atoms with van der Waals surface area (Å²) in [6, 6.07) is 13.3. The highest BCUT2D eigenvalue weighted by Crippen LogP contribution is 2.45. The van der Waals surface area contributed by atoms with Gasteiger partial charge < -0.3 is 25.1 Å². The van der Waals surface area contributed by atoms with Gasteiger partial charge >= 0.3 is 0 Å². The van der Waals surface area contributed by atoms with Gasteiger partial charge in [0.05, 0.1) is 18.3 Å².